The molecule has 0 aliphatic carbocycles. The fraction of sp³-hybridized carbons (Fsp3) is 0.562. The maximum atomic E-state index is 14.5. The summed E-state index contributed by atoms with van der Waals surface area (Å²) in [5.74, 6) is -2.27. The lowest BCUT2D eigenvalue weighted by Gasteiger charge is -2.28. The number of carbonyl (C=O) groups excluding carboxylic acids is 1. The smallest absolute Gasteiger partial charge is 0.419 e. The maximum absolute atomic E-state index is 14.5. The van der Waals surface area contributed by atoms with Gasteiger partial charge in [-0.05, 0) is 39.8 Å². The molecule has 0 saturated heterocycles. The van der Waals surface area contributed by atoms with Crippen molar-refractivity contribution in [2.45, 2.75) is 51.1 Å². The summed E-state index contributed by atoms with van der Waals surface area (Å²) in [6.07, 6.45) is -5.39. The molecule has 4 nitrogen and oxygen atoms in total. The van der Waals surface area contributed by atoms with Crippen LogP contribution in [0.1, 0.15) is 51.3 Å². The van der Waals surface area contributed by atoms with Crippen LogP contribution >= 0.6 is 15.9 Å². The van der Waals surface area contributed by atoms with E-state index >= 15 is 0 Å². The number of nitrogens with one attached hydrogen (secondary N) is 1. The Morgan fingerprint density at radius 1 is 1.35 bits per heavy atom. The highest BCUT2D eigenvalue weighted by Gasteiger charge is 2.38. The minimum absolute atomic E-state index is 0.0153. The molecule has 0 aliphatic rings. The SMILES string of the molecule is CCOC(=O)C[C@H](N[S+]([O-])C(C)(C)C)c1cc(Br)cc(C(F)(F)F)c1F. The highest BCUT2D eigenvalue weighted by molar-refractivity contribution is 9.10. The lowest BCUT2D eigenvalue weighted by Crippen LogP contribution is -2.42. The summed E-state index contributed by atoms with van der Waals surface area (Å²) in [6, 6.07) is 0.482. The average molecular weight is 462 g/mol. The van der Waals surface area contributed by atoms with Crippen molar-refractivity contribution in [3.63, 3.8) is 0 Å². The van der Waals surface area contributed by atoms with Crippen LogP contribution in [0.25, 0.3) is 0 Å². The Hall–Kier alpha value is -0.840. The van der Waals surface area contributed by atoms with Crippen molar-refractivity contribution in [2.75, 3.05) is 6.61 Å². The first-order valence-electron chi connectivity index (χ1n) is 7.67. The molecule has 2 atom stereocenters. The molecule has 0 heterocycles. The van der Waals surface area contributed by atoms with Crippen molar-refractivity contribution in [3.05, 3.63) is 33.5 Å². The van der Waals surface area contributed by atoms with Crippen LogP contribution < -0.4 is 4.72 Å². The van der Waals surface area contributed by atoms with Gasteiger partial charge in [-0.1, -0.05) is 15.9 Å². The molecule has 0 bridgehead atoms. The first-order valence-corrected chi connectivity index (χ1v) is 9.61. The van der Waals surface area contributed by atoms with Gasteiger partial charge in [-0.3, -0.25) is 4.79 Å². The van der Waals surface area contributed by atoms with Gasteiger partial charge in [0.25, 0.3) is 0 Å². The van der Waals surface area contributed by atoms with Crippen LogP contribution in [0.2, 0.25) is 0 Å². The molecule has 1 unspecified atom stereocenters. The van der Waals surface area contributed by atoms with Gasteiger partial charge in [0.1, 0.15) is 10.6 Å². The molecule has 26 heavy (non-hydrogen) atoms. The number of ether oxygens (including phenoxy) is 1. The van der Waals surface area contributed by atoms with Gasteiger partial charge in [-0.2, -0.15) is 13.2 Å². The topological polar surface area (TPSA) is 61.4 Å². The van der Waals surface area contributed by atoms with Gasteiger partial charge in [-0.25, -0.2) is 4.39 Å². The predicted octanol–water partition coefficient (Wildman–Crippen LogP) is 4.65. The molecular weight excluding hydrogens is 442 g/mol. The zero-order valence-corrected chi connectivity index (χ0v) is 17.1. The Morgan fingerprint density at radius 3 is 2.38 bits per heavy atom. The third kappa shape index (κ3) is 6.40. The predicted molar refractivity (Wildman–Crippen MR) is 94.1 cm³/mol. The third-order valence-corrected chi connectivity index (χ3v) is 5.30. The standard InChI is InChI=1S/C16H20BrF4NO3S/c1-5-25-13(23)8-12(22-26(24)15(2,3)4)10-6-9(17)7-11(14(10)18)16(19,20)21/h6-7,12,22H,5,8H2,1-4H3/t12-,26?/m0/s1. The van der Waals surface area contributed by atoms with Crippen molar-refractivity contribution in [2.24, 2.45) is 0 Å². The van der Waals surface area contributed by atoms with E-state index in [1.807, 2.05) is 0 Å². The first-order chi connectivity index (χ1) is 11.8. The second kappa shape index (κ2) is 8.90. The number of esters is 1. The maximum Gasteiger partial charge on any atom is 0.419 e. The summed E-state index contributed by atoms with van der Waals surface area (Å²) in [4.78, 5) is 11.8. The molecule has 0 spiro atoms. The van der Waals surface area contributed by atoms with E-state index in [0.29, 0.717) is 6.07 Å². The number of alkyl halides is 3. The molecule has 0 radical (unpaired) electrons. The van der Waals surface area contributed by atoms with Gasteiger partial charge in [0, 0.05) is 21.4 Å². The number of rotatable bonds is 6. The minimum atomic E-state index is -4.92. The third-order valence-electron chi connectivity index (χ3n) is 3.23. The molecule has 0 amide bonds. The second-order valence-electron chi connectivity index (χ2n) is 6.42. The normalized spacial score (nSPS) is 14.8. The summed E-state index contributed by atoms with van der Waals surface area (Å²) in [7, 11) is 0. The van der Waals surface area contributed by atoms with E-state index in [1.165, 1.54) is 0 Å². The van der Waals surface area contributed by atoms with E-state index in [1.54, 1.807) is 27.7 Å². The molecule has 1 N–H and O–H groups in total. The second-order valence-corrected chi connectivity index (χ2v) is 9.33. The van der Waals surface area contributed by atoms with E-state index in [9.17, 15) is 26.9 Å². The highest BCUT2D eigenvalue weighted by Crippen LogP contribution is 2.37. The number of hydrogen-bond donors (Lipinski definition) is 1. The Morgan fingerprint density at radius 2 is 1.92 bits per heavy atom. The largest absolute Gasteiger partial charge is 0.598 e. The zero-order valence-electron chi connectivity index (χ0n) is 14.7. The van der Waals surface area contributed by atoms with E-state index in [-0.39, 0.29) is 11.1 Å². The highest BCUT2D eigenvalue weighted by atomic mass is 79.9. The van der Waals surface area contributed by atoms with Crippen LogP contribution in [0.3, 0.4) is 0 Å². The van der Waals surface area contributed by atoms with Crippen LogP contribution in [0, 0.1) is 5.82 Å². The lowest BCUT2D eigenvalue weighted by atomic mass is 10.0. The fourth-order valence-corrected chi connectivity index (χ4v) is 3.28. The van der Waals surface area contributed by atoms with Crippen molar-refractivity contribution < 1.29 is 31.6 Å². The van der Waals surface area contributed by atoms with Gasteiger partial charge < -0.3 is 9.29 Å². The Labute approximate surface area is 161 Å². The summed E-state index contributed by atoms with van der Waals surface area (Å²) in [5.41, 5.74) is -1.89. The Bertz CT molecular complexity index is 650. The van der Waals surface area contributed by atoms with Crippen LogP contribution in [0.5, 0.6) is 0 Å². The van der Waals surface area contributed by atoms with E-state index in [0.717, 1.165) is 6.07 Å². The number of hydrogen-bond acceptors (Lipinski definition) is 4. The molecule has 1 aromatic rings. The molecule has 0 saturated carbocycles. The van der Waals surface area contributed by atoms with Crippen LogP contribution in [-0.4, -0.2) is 21.9 Å². The van der Waals surface area contributed by atoms with Crippen LogP contribution in [-0.2, 0) is 27.1 Å². The number of halogens is 5. The van der Waals surface area contributed by atoms with Crippen LogP contribution in [0.4, 0.5) is 17.6 Å². The molecular formula is C16H20BrF4NO3S. The quantitative estimate of drug-likeness (QED) is 0.380. The monoisotopic (exact) mass is 461 g/mol. The zero-order chi connectivity index (χ0) is 20.3. The Balaban J connectivity index is 3.37. The van der Waals surface area contributed by atoms with Crippen molar-refractivity contribution in [3.8, 4) is 0 Å². The molecule has 0 aromatic heterocycles. The van der Waals surface area contributed by atoms with E-state index in [2.05, 4.69) is 20.7 Å². The molecule has 0 aliphatic heterocycles. The Kier molecular flexibility index (Phi) is 7.94. The minimum Gasteiger partial charge on any atom is -0.598 e. The number of carbonyl (C=O) groups is 1. The summed E-state index contributed by atoms with van der Waals surface area (Å²) in [5, 5.41) is 0. The van der Waals surface area contributed by atoms with Gasteiger partial charge in [-0.15, -0.1) is 4.72 Å². The van der Waals surface area contributed by atoms with Crippen LogP contribution in [0.15, 0.2) is 16.6 Å². The number of benzene rings is 1. The van der Waals surface area contributed by atoms with Crippen molar-refractivity contribution in [1.29, 1.82) is 0 Å². The molecule has 148 valence electrons. The summed E-state index contributed by atoms with van der Waals surface area (Å²) in [6.45, 7) is 6.53. The van der Waals surface area contributed by atoms with Gasteiger partial charge in [0.15, 0.2) is 0 Å². The fourth-order valence-electron chi connectivity index (χ4n) is 1.98. The van der Waals surface area contributed by atoms with Gasteiger partial charge in [0.2, 0.25) is 0 Å². The molecule has 0 fully saturated rings. The van der Waals surface area contributed by atoms with Crippen molar-refractivity contribution >= 4 is 33.3 Å². The first kappa shape index (κ1) is 23.2. The average Bonchev–Trinajstić information content (AvgIpc) is 2.46. The lowest BCUT2D eigenvalue weighted by molar-refractivity contribution is -0.143. The summed E-state index contributed by atoms with van der Waals surface area (Å²) < 4.78 is 72.7. The van der Waals surface area contributed by atoms with E-state index < -0.39 is 57.7 Å². The summed E-state index contributed by atoms with van der Waals surface area (Å²) >= 11 is 1.17. The van der Waals surface area contributed by atoms with E-state index in [4.69, 9.17) is 4.74 Å². The van der Waals surface area contributed by atoms with Gasteiger partial charge >= 0.3 is 12.1 Å². The van der Waals surface area contributed by atoms with Crippen molar-refractivity contribution in [1.82, 2.24) is 4.72 Å². The van der Waals surface area contributed by atoms with Gasteiger partial charge in [0.05, 0.1) is 24.6 Å². The molecule has 1 rings (SSSR count). The molecule has 1 aromatic carbocycles. The molecule has 10 heteroatoms.